The molecule has 4 saturated carbocycles. The minimum Gasteiger partial charge on any atom is -0.393 e. The van der Waals surface area contributed by atoms with Crippen LogP contribution in [0.3, 0.4) is 0 Å². The molecule has 23 heavy (non-hydrogen) atoms. The molecule has 4 aliphatic rings. The number of carbonyl (C=O) groups is 1. The van der Waals surface area contributed by atoms with E-state index in [1.54, 1.807) is 0 Å². The van der Waals surface area contributed by atoms with Crippen LogP contribution in [-0.4, -0.2) is 28.2 Å². The van der Waals surface area contributed by atoms with Crippen molar-refractivity contribution < 1.29 is 15.0 Å². The number of hydrogen-bond acceptors (Lipinski definition) is 3. The van der Waals surface area contributed by atoms with Gasteiger partial charge >= 0.3 is 0 Å². The van der Waals surface area contributed by atoms with Crippen LogP contribution in [0.25, 0.3) is 0 Å². The molecule has 0 aliphatic heterocycles. The highest BCUT2D eigenvalue weighted by atomic mass is 16.3. The van der Waals surface area contributed by atoms with Crippen LogP contribution in [0.15, 0.2) is 0 Å². The fraction of sp³-hybridized carbons (Fsp3) is 0.950. The third-order valence-corrected chi connectivity index (χ3v) is 8.89. The van der Waals surface area contributed by atoms with Crippen molar-refractivity contribution in [2.24, 2.45) is 34.0 Å². The number of ketones is 1. The molecule has 2 N–H and O–H groups in total. The van der Waals surface area contributed by atoms with E-state index in [9.17, 15) is 15.0 Å². The third kappa shape index (κ3) is 1.87. The molecular weight excluding hydrogens is 288 g/mol. The molecule has 2 bridgehead atoms. The zero-order valence-electron chi connectivity index (χ0n) is 14.9. The Labute approximate surface area is 139 Å². The number of fused-ring (bicyclic) bond motifs is 3. The molecule has 0 saturated heterocycles. The van der Waals surface area contributed by atoms with Gasteiger partial charge in [0.15, 0.2) is 0 Å². The minimum absolute atomic E-state index is 0.0870. The van der Waals surface area contributed by atoms with E-state index < -0.39 is 5.60 Å². The second kappa shape index (κ2) is 4.60. The van der Waals surface area contributed by atoms with Gasteiger partial charge in [0.25, 0.3) is 0 Å². The maximum absolute atomic E-state index is 12.5. The molecule has 0 radical (unpaired) electrons. The summed E-state index contributed by atoms with van der Waals surface area (Å²) in [4.78, 5) is 12.5. The zero-order chi connectivity index (χ0) is 16.7. The van der Waals surface area contributed by atoms with Crippen LogP contribution in [0, 0.1) is 34.0 Å². The SMILES string of the molecule is CC1(C)C(=O)CC[C@]2(C)[C@@H]1CC[C@]13C[C@H](CC[C@H]12)[C@](O)(CO)C3. The molecule has 0 unspecified atom stereocenters. The number of aliphatic hydroxyl groups excluding tert-OH is 1. The molecule has 4 fully saturated rings. The number of Topliss-reactive ketones (excluding diaryl/α,β-unsaturated/α-hetero) is 1. The van der Waals surface area contributed by atoms with Crippen LogP contribution in [-0.2, 0) is 4.79 Å². The summed E-state index contributed by atoms with van der Waals surface area (Å²) in [6, 6.07) is 0. The summed E-state index contributed by atoms with van der Waals surface area (Å²) in [5.41, 5.74) is -0.612. The van der Waals surface area contributed by atoms with E-state index in [2.05, 4.69) is 20.8 Å². The van der Waals surface area contributed by atoms with Gasteiger partial charge < -0.3 is 10.2 Å². The number of carbonyl (C=O) groups excluding carboxylic acids is 1. The lowest BCUT2D eigenvalue weighted by atomic mass is 9.41. The molecule has 130 valence electrons. The standard InChI is InChI=1S/C20H32O3/c1-17(2)14-6-9-19-10-13(20(23,11-19)12-21)4-5-15(19)18(14,3)8-7-16(17)22/h13-15,21,23H,4-12H2,1-3H3/t13-,14+,15-,18+,19+,20+/m0/s1. The predicted octanol–water partition coefficient (Wildman–Crippen LogP) is 3.32. The van der Waals surface area contributed by atoms with Crippen molar-refractivity contribution in [3.63, 3.8) is 0 Å². The van der Waals surface area contributed by atoms with Crippen LogP contribution < -0.4 is 0 Å². The first-order valence-corrected chi connectivity index (χ1v) is 9.55. The Morgan fingerprint density at radius 3 is 2.52 bits per heavy atom. The number of aliphatic hydroxyl groups is 2. The molecular formula is C20H32O3. The molecule has 3 heteroatoms. The van der Waals surface area contributed by atoms with Gasteiger partial charge in [-0.2, -0.15) is 0 Å². The maximum atomic E-state index is 12.5. The summed E-state index contributed by atoms with van der Waals surface area (Å²) in [5, 5.41) is 20.7. The van der Waals surface area contributed by atoms with Gasteiger partial charge in [-0.3, -0.25) is 4.79 Å². The van der Waals surface area contributed by atoms with Crippen molar-refractivity contribution in [2.75, 3.05) is 6.61 Å². The van der Waals surface area contributed by atoms with E-state index in [-0.39, 0.29) is 28.8 Å². The van der Waals surface area contributed by atoms with Crippen LogP contribution in [0.4, 0.5) is 0 Å². The highest BCUT2D eigenvalue weighted by Crippen LogP contribution is 2.72. The highest BCUT2D eigenvalue weighted by Gasteiger charge is 2.67. The van der Waals surface area contributed by atoms with Crippen molar-refractivity contribution in [3.8, 4) is 0 Å². The van der Waals surface area contributed by atoms with Gasteiger partial charge in [-0.05, 0) is 73.5 Å². The van der Waals surface area contributed by atoms with Crippen molar-refractivity contribution in [2.45, 2.75) is 77.7 Å². The van der Waals surface area contributed by atoms with E-state index in [0.29, 0.717) is 17.6 Å². The van der Waals surface area contributed by atoms with E-state index in [1.807, 2.05) is 0 Å². The van der Waals surface area contributed by atoms with Gasteiger partial charge in [0.2, 0.25) is 0 Å². The fourth-order valence-electron chi connectivity index (χ4n) is 7.83. The molecule has 0 heterocycles. The van der Waals surface area contributed by atoms with Gasteiger partial charge in [0, 0.05) is 11.8 Å². The lowest BCUT2D eigenvalue weighted by Crippen LogP contribution is -2.58. The normalized spacial score (nSPS) is 54.5. The molecule has 0 aromatic carbocycles. The first-order chi connectivity index (χ1) is 10.7. The second-order valence-corrected chi connectivity index (χ2v) is 10.1. The van der Waals surface area contributed by atoms with Crippen molar-refractivity contribution in [1.29, 1.82) is 0 Å². The van der Waals surface area contributed by atoms with Crippen molar-refractivity contribution >= 4 is 5.78 Å². The van der Waals surface area contributed by atoms with Crippen molar-refractivity contribution in [3.05, 3.63) is 0 Å². The summed E-state index contributed by atoms with van der Waals surface area (Å²) in [6.45, 7) is 6.68. The average molecular weight is 320 g/mol. The first kappa shape index (κ1) is 16.1. The van der Waals surface area contributed by atoms with Crippen molar-refractivity contribution in [1.82, 2.24) is 0 Å². The van der Waals surface area contributed by atoms with E-state index in [0.717, 1.165) is 44.9 Å². The minimum atomic E-state index is -0.849. The second-order valence-electron chi connectivity index (χ2n) is 10.1. The fourth-order valence-corrected chi connectivity index (χ4v) is 7.83. The Kier molecular flexibility index (Phi) is 3.22. The van der Waals surface area contributed by atoms with Gasteiger partial charge in [0.1, 0.15) is 5.78 Å². The highest BCUT2D eigenvalue weighted by molar-refractivity contribution is 5.85. The number of hydrogen-bond donors (Lipinski definition) is 2. The molecule has 3 nitrogen and oxygen atoms in total. The predicted molar refractivity (Wildman–Crippen MR) is 88.8 cm³/mol. The van der Waals surface area contributed by atoms with Gasteiger partial charge in [-0.1, -0.05) is 20.8 Å². The van der Waals surface area contributed by atoms with Crippen LogP contribution in [0.1, 0.15) is 72.1 Å². The Morgan fingerprint density at radius 2 is 1.83 bits per heavy atom. The van der Waals surface area contributed by atoms with E-state index in [1.165, 1.54) is 6.42 Å². The summed E-state index contributed by atoms with van der Waals surface area (Å²) >= 11 is 0. The molecule has 1 spiro atoms. The molecule has 0 aromatic heterocycles. The van der Waals surface area contributed by atoms with E-state index >= 15 is 0 Å². The smallest absolute Gasteiger partial charge is 0.138 e. The quantitative estimate of drug-likeness (QED) is 0.779. The average Bonchev–Trinajstić information content (AvgIpc) is 2.70. The van der Waals surface area contributed by atoms with Gasteiger partial charge in [-0.25, -0.2) is 0 Å². The summed E-state index contributed by atoms with van der Waals surface area (Å²) in [5.74, 6) is 1.81. The summed E-state index contributed by atoms with van der Waals surface area (Å²) < 4.78 is 0. The Hall–Kier alpha value is -0.410. The zero-order valence-corrected chi connectivity index (χ0v) is 14.9. The molecule has 6 atom stereocenters. The Bertz CT molecular complexity index is 541. The molecule has 0 amide bonds. The topological polar surface area (TPSA) is 57.5 Å². The summed E-state index contributed by atoms with van der Waals surface area (Å²) in [6.07, 6.45) is 8.07. The maximum Gasteiger partial charge on any atom is 0.138 e. The molecule has 4 aliphatic carbocycles. The molecule has 0 aromatic rings. The van der Waals surface area contributed by atoms with Crippen LogP contribution >= 0.6 is 0 Å². The van der Waals surface area contributed by atoms with Crippen LogP contribution in [0.5, 0.6) is 0 Å². The van der Waals surface area contributed by atoms with Crippen LogP contribution in [0.2, 0.25) is 0 Å². The Morgan fingerprint density at radius 1 is 1.09 bits per heavy atom. The lowest BCUT2D eigenvalue weighted by Gasteiger charge is -2.63. The largest absolute Gasteiger partial charge is 0.393 e. The van der Waals surface area contributed by atoms with Gasteiger partial charge in [-0.15, -0.1) is 0 Å². The number of rotatable bonds is 1. The third-order valence-electron chi connectivity index (χ3n) is 8.89. The van der Waals surface area contributed by atoms with E-state index in [4.69, 9.17) is 0 Å². The summed E-state index contributed by atoms with van der Waals surface area (Å²) in [7, 11) is 0. The Balaban J connectivity index is 1.73. The molecule has 4 rings (SSSR count). The lowest BCUT2D eigenvalue weighted by molar-refractivity contribution is -0.165. The first-order valence-electron chi connectivity index (χ1n) is 9.55. The van der Waals surface area contributed by atoms with Gasteiger partial charge in [0.05, 0.1) is 12.2 Å². The monoisotopic (exact) mass is 320 g/mol.